The molecule has 2 aromatic carbocycles. The van der Waals surface area contributed by atoms with Crippen molar-refractivity contribution in [2.75, 3.05) is 43.6 Å². The van der Waals surface area contributed by atoms with E-state index in [1.165, 1.54) is 12.1 Å². The first kappa shape index (κ1) is 19.4. The number of nitrogens with two attached hydrogens (primary N) is 1. The van der Waals surface area contributed by atoms with Gasteiger partial charge in [0.15, 0.2) is 5.43 Å². The standard InChI is InChI=1S/C22H26FN5O/c1-14-13-28(17-6-4-16(23)5-7-17)19-12-18(27-10-8-26(3)9-11-27)15(2)21(25-24)20(19)22(14)29/h4-7,12-13,25H,8-11,24H2,1-3H3. The maximum Gasteiger partial charge on any atom is 0.194 e. The summed E-state index contributed by atoms with van der Waals surface area (Å²) in [6, 6.07) is 8.33. The number of hydrogen-bond donors (Lipinski definition) is 2. The Morgan fingerprint density at radius 2 is 1.72 bits per heavy atom. The number of fused-ring (bicyclic) bond motifs is 1. The average molecular weight is 395 g/mol. The van der Waals surface area contributed by atoms with Crippen LogP contribution in [0.1, 0.15) is 11.1 Å². The Kier molecular flexibility index (Phi) is 5.02. The fraction of sp³-hybridized carbons (Fsp3) is 0.318. The predicted octanol–water partition coefficient (Wildman–Crippen LogP) is 2.78. The minimum atomic E-state index is -0.297. The third kappa shape index (κ3) is 3.36. The van der Waals surface area contributed by atoms with Crippen LogP contribution in [0, 0.1) is 19.7 Å². The fourth-order valence-electron chi connectivity index (χ4n) is 4.06. The zero-order valence-electron chi connectivity index (χ0n) is 17.0. The van der Waals surface area contributed by atoms with Crippen LogP contribution in [0.3, 0.4) is 0 Å². The second-order valence-electron chi connectivity index (χ2n) is 7.71. The van der Waals surface area contributed by atoms with Crippen molar-refractivity contribution in [2.24, 2.45) is 5.84 Å². The van der Waals surface area contributed by atoms with Crippen molar-refractivity contribution in [2.45, 2.75) is 13.8 Å². The second kappa shape index (κ2) is 7.50. The molecule has 0 aliphatic carbocycles. The van der Waals surface area contributed by atoms with E-state index in [0.29, 0.717) is 16.6 Å². The van der Waals surface area contributed by atoms with Crippen LogP contribution in [-0.4, -0.2) is 42.7 Å². The first-order chi connectivity index (χ1) is 13.9. The SMILES string of the molecule is Cc1c(N2CCN(C)CC2)cc2c(c1NN)c(=O)c(C)cn2-c1ccc(F)cc1. The number of pyridine rings is 1. The molecule has 0 spiro atoms. The lowest BCUT2D eigenvalue weighted by Crippen LogP contribution is -2.44. The third-order valence-electron chi connectivity index (χ3n) is 5.80. The number of likely N-dealkylation sites (N-methyl/N-ethyl adjacent to an activating group) is 1. The summed E-state index contributed by atoms with van der Waals surface area (Å²) in [5, 5.41) is 0.548. The van der Waals surface area contributed by atoms with E-state index in [2.05, 4.69) is 28.3 Å². The zero-order chi connectivity index (χ0) is 20.7. The molecule has 0 bridgehead atoms. The van der Waals surface area contributed by atoms with E-state index in [1.807, 2.05) is 11.5 Å². The van der Waals surface area contributed by atoms with Gasteiger partial charge in [-0.05, 0) is 56.8 Å². The number of nitrogen functional groups attached to an aromatic ring is 1. The normalized spacial score (nSPS) is 15.1. The minimum absolute atomic E-state index is 0.0562. The topological polar surface area (TPSA) is 66.5 Å². The molecule has 29 heavy (non-hydrogen) atoms. The molecule has 0 saturated carbocycles. The molecule has 0 atom stereocenters. The van der Waals surface area contributed by atoms with Gasteiger partial charge in [-0.25, -0.2) is 4.39 Å². The molecule has 1 aliphatic rings. The highest BCUT2D eigenvalue weighted by atomic mass is 19.1. The Hall–Kier alpha value is -2.90. The summed E-state index contributed by atoms with van der Waals surface area (Å²) in [6.07, 6.45) is 1.81. The fourth-order valence-corrected chi connectivity index (χ4v) is 4.06. The van der Waals surface area contributed by atoms with Crippen molar-refractivity contribution in [3.05, 3.63) is 63.7 Å². The number of halogens is 1. The van der Waals surface area contributed by atoms with E-state index in [4.69, 9.17) is 5.84 Å². The molecule has 2 heterocycles. The van der Waals surface area contributed by atoms with Crippen LogP contribution in [0.25, 0.3) is 16.6 Å². The smallest absolute Gasteiger partial charge is 0.194 e. The Bertz CT molecular complexity index is 1110. The van der Waals surface area contributed by atoms with E-state index in [-0.39, 0.29) is 11.2 Å². The van der Waals surface area contributed by atoms with Crippen molar-refractivity contribution in [1.82, 2.24) is 9.47 Å². The van der Waals surface area contributed by atoms with Gasteiger partial charge in [0.2, 0.25) is 0 Å². The molecule has 152 valence electrons. The number of aromatic nitrogens is 1. The average Bonchev–Trinajstić information content (AvgIpc) is 2.72. The molecule has 4 rings (SSSR count). The van der Waals surface area contributed by atoms with E-state index in [1.54, 1.807) is 25.3 Å². The summed E-state index contributed by atoms with van der Waals surface area (Å²) in [5.74, 6) is 5.59. The van der Waals surface area contributed by atoms with Crippen LogP contribution < -0.4 is 21.6 Å². The third-order valence-corrected chi connectivity index (χ3v) is 5.80. The summed E-state index contributed by atoms with van der Waals surface area (Å²) in [6.45, 7) is 7.53. The summed E-state index contributed by atoms with van der Waals surface area (Å²) in [7, 11) is 2.12. The van der Waals surface area contributed by atoms with Crippen LogP contribution in [0.5, 0.6) is 0 Å². The quantitative estimate of drug-likeness (QED) is 0.527. The second-order valence-corrected chi connectivity index (χ2v) is 7.71. The van der Waals surface area contributed by atoms with Crippen molar-refractivity contribution in [3.63, 3.8) is 0 Å². The Balaban J connectivity index is 2.01. The molecular formula is C22H26FN5O. The summed E-state index contributed by atoms with van der Waals surface area (Å²) >= 11 is 0. The lowest BCUT2D eigenvalue weighted by atomic mass is 10.0. The molecular weight excluding hydrogens is 369 g/mol. The van der Waals surface area contributed by atoms with Gasteiger partial charge in [-0.2, -0.15) is 0 Å². The number of nitrogens with zero attached hydrogens (tertiary/aromatic N) is 3. The highest BCUT2D eigenvalue weighted by Gasteiger charge is 2.22. The molecule has 1 saturated heterocycles. The van der Waals surface area contributed by atoms with E-state index in [0.717, 1.165) is 48.6 Å². The van der Waals surface area contributed by atoms with Gasteiger partial charge in [0.25, 0.3) is 0 Å². The van der Waals surface area contributed by atoms with Crippen molar-refractivity contribution < 1.29 is 4.39 Å². The van der Waals surface area contributed by atoms with Gasteiger partial charge in [0.1, 0.15) is 5.82 Å². The molecule has 3 aromatic rings. The van der Waals surface area contributed by atoms with E-state index < -0.39 is 0 Å². The van der Waals surface area contributed by atoms with Crippen LogP contribution in [0.2, 0.25) is 0 Å². The van der Waals surface area contributed by atoms with Crippen LogP contribution in [0.15, 0.2) is 41.3 Å². The maximum absolute atomic E-state index is 13.5. The molecule has 0 amide bonds. The van der Waals surface area contributed by atoms with Gasteiger partial charge >= 0.3 is 0 Å². The number of aryl methyl sites for hydroxylation is 1. The van der Waals surface area contributed by atoms with Gasteiger partial charge in [-0.3, -0.25) is 10.6 Å². The number of rotatable bonds is 3. The Morgan fingerprint density at radius 1 is 1.07 bits per heavy atom. The van der Waals surface area contributed by atoms with E-state index in [9.17, 15) is 9.18 Å². The van der Waals surface area contributed by atoms with Crippen LogP contribution >= 0.6 is 0 Å². The molecule has 3 N–H and O–H groups in total. The van der Waals surface area contributed by atoms with Gasteiger partial charge in [0, 0.05) is 49.3 Å². The van der Waals surface area contributed by atoms with Crippen molar-refractivity contribution in [1.29, 1.82) is 0 Å². The molecule has 0 unspecified atom stereocenters. The molecule has 1 aromatic heterocycles. The lowest BCUT2D eigenvalue weighted by molar-refractivity contribution is 0.313. The largest absolute Gasteiger partial charge is 0.369 e. The summed E-state index contributed by atoms with van der Waals surface area (Å²) < 4.78 is 15.4. The summed E-state index contributed by atoms with van der Waals surface area (Å²) in [4.78, 5) is 17.7. The van der Waals surface area contributed by atoms with Gasteiger partial charge in [0.05, 0.1) is 16.6 Å². The predicted molar refractivity (Wildman–Crippen MR) is 116 cm³/mol. The highest BCUT2D eigenvalue weighted by molar-refractivity contribution is 5.98. The number of anilines is 2. The maximum atomic E-state index is 13.5. The van der Waals surface area contributed by atoms with Gasteiger partial charge in [-0.1, -0.05) is 0 Å². The first-order valence-corrected chi connectivity index (χ1v) is 9.76. The highest BCUT2D eigenvalue weighted by Crippen LogP contribution is 2.35. The zero-order valence-corrected chi connectivity index (χ0v) is 17.0. The Labute approximate surface area is 169 Å². The van der Waals surface area contributed by atoms with Crippen molar-refractivity contribution in [3.8, 4) is 5.69 Å². The molecule has 1 fully saturated rings. The number of hydrazine groups is 1. The van der Waals surface area contributed by atoms with Crippen molar-refractivity contribution >= 4 is 22.3 Å². The summed E-state index contributed by atoms with van der Waals surface area (Å²) in [5.41, 5.74) is 7.50. The first-order valence-electron chi connectivity index (χ1n) is 9.76. The number of nitrogens with one attached hydrogen (secondary N) is 1. The number of hydrogen-bond acceptors (Lipinski definition) is 5. The van der Waals surface area contributed by atoms with Crippen LogP contribution in [-0.2, 0) is 0 Å². The molecule has 0 radical (unpaired) electrons. The molecule has 1 aliphatic heterocycles. The van der Waals surface area contributed by atoms with Crippen LogP contribution in [0.4, 0.5) is 15.8 Å². The molecule has 7 heteroatoms. The minimum Gasteiger partial charge on any atom is -0.369 e. The molecule has 6 nitrogen and oxygen atoms in total. The van der Waals surface area contributed by atoms with Gasteiger partial charge < -0.3 is 19.8 Å². The Morgan fingerprint density at radius 3 is 2.34 bits per heavy atom. The number of piperazine rings is 1. The van der Waals surface area contributed by atoms with E-state index >= 15 is 0 Å². The monoisotopic (exact) mass is 395 g/mol. The number of benzene rings is 2. The lowest BCUT2D eigenvalue weighted by Gasteiger charge is -2.35. The van der Waals surface area contributed by atoms with Gasteiger partial charge in [-0.15, -0.1) is 0 Å².